The van der Waals surface area contributed by atoms with Crippen molar-refractivity contribution in [3.8, 4) is 5.75 Å². The van der Waals surface area contributed by atoms with Gasteiger partial charge in [-0.15, -0.1) is 13.2 Å². The Morgan fingerprint density at radius 2 is 1.63 bits per heavy atom. The van der Waals surface area contributed by atoms with E-state index in [1.807, 2.05) is 0 Å². The molecule has 12 nitrogen and oxygen atoms in total. The minimum atomic E-state index is -5.49. The molecule has 0 radical (unpaired) electrons. The lowest BCUT2D eigenvalue weighted by molar-refractivity contribution is -0.425. The van der Waals surface area contributed by atoms with Crippen LogP contribution in [0.3, 0.4) is 0 Å². The van der Waals surface area contributed by atoms with Gasteiger partial charge in [0, 0.05) is 0 Å². The number of hydrogen-bond acceptors (Lipinski definition) is 9. The van der Waals surface area contributed by atoms with Crippen molar-refractivity contribution in [2.75, 3.05) is 0 Å². The van der Waals surface area contributed by atoms with Gasteiger partial charge in [0.1, 0.15) is 6.07 Å². The van der Waals surface area contributed by atoms with Crippen molar-refractivity contribution in [2.24, 2.45) is 0 Å². The molecule has 148 valence electrons. The normalized spacial score (nSPS) is 12.2. The van der Waals surface area contributed by atoms with Gasteiger partial charge >= 0.3 is 29.6 Å². The van der Waals surface area contributed by atoms with Crippen LogP contribution in [-0.4, -0.2) is 27.3 Å². The summed E-state index contributed by atoms with van der Waals surface area (Å²) >= 11 is 0. The van der Waals surface area contributed by atoms with E-state index >= 15 is 0 Å². The number of nitrogens with zero attached hydrogens (tertiary/aromatic N) is 3. The fourth-order valence-corrected chi connectivity index (χ4v) is 2.08. The molecule has 1 aromatic rings. The maximum atomic E-state index is 12.1. The van der Waals surface area contributed by atoms with Gasteiger partial charge in [-0.25, -0.2) is 4.79 Å². The van der Waals surface area contributed by atoms with Crippen LogP contribution in [0.15, 0.2) is 6.07 Å². The summed E-state index contributed by atoms with van der Waals surface area (Å²) in [6.07, 6.45) is -7.92. The van der Waals surface area contributed by atoms with Crippen LogP contribution in [0.2, 0.25) is 0 Å². The lowest BCUT2D eigenvalue weighted by Crippen LogP contribution is -2.23. The van der Waals surface area contributed by atoms with Crippen molar-refractivity contribution >= 4 is 23.2 Å². The van der Waals surface area contributed by atoms with Gasteiger partial charge in [-0.1, -0.05) is 13.8 Å². The maximum absolute atomic E-state index is 12.1. The molecule has 0 saturated heterocycles. The quantitative estimate of drug-likeness (QED) is 0.299. The summed E-state index contributed by atoms with van der Waals surface area (Å²) < 4.78 is 43.5. The van der Waals surface area contributed by atoms with Gasteiger partial charge in [-0.3, -0.25) is 30.3 Å². The van der Waals surface area contributed by atoms with Crippen molar-refractivity contribution < 1.29 is 42.2 Å². The zero-order valence-electron chi connectivity index (χ0n) is 13.5. The van der Waals surface area contributed by atoms with E-state index in [0.29, 0.717) is 0 Å². The van der Waals surface area contributed by atoms with Gasteiger partial charge in [-0.05, 0) is 12.3 Å². The number of carbonyl (C=O) groups is 1. The zero-order chi connectivity index (χ0) is 21.1. The van der Waals surface area contributed by atoms with Crippen molar-refractivity contribution in [3.63, 3.8) is 0 Å². The van der Waals surface area contributed by atoms with Crippen molar-refractivity contribution in [3.05, 3.63) is 42.0 Å². The number of nitro benzene ring substituents is 3. The smallest absolute Gasteiger partial charge is 0.387 e. The predicted octanol–water partition coefficient (Wildman–Crippen LogP) is 3.96. The van der Waals surface area contributed by atoms with Crippen LogP contribution in [-0.2, 0) is 4.74 Å². The molecule has 1 rings (SSSR count). The summed E-state index contributed by atoms with van der Waals surface area (Å²) in [6, 6.07) is 0.125. The summed E-state index contributed by atoms with van der Waals surface area (Å²) in [6.45, 7) is 2.69. The number of rotatable bonds is 6. The number of ether oxygens (including phenoxy) is 2. The number of carbonyl (C=O) groups excluding carboxylic acids is 1. The van der Waals surface area contributed by atoms with Crippen molar-refractivity contribution in [1.29, 1.82) is 0 Å². The number of nitro groups is 3. The molecule has 0 N–H and O–H groups in total. The first-order valence-electron chi connectivity index (χ1n) is 6.91. The average Bonchev–Trinajstić information content (AvgIpc) is 2.50. The Hall–Kier alpha value is -3.52. The van der Waals surface area contributed by atoms with E-state index in [1.165, 1.54) is 13.8 Å². The second-order valence-electron chi connectivity index (χ2n) is 4.99. The number of hydrogen-bond donors (Lipinski definition) is 0. The minimum Gasteiger partial charge on any atom is -0.387 e. The van der Waals surface area contributed by atoms with Crippen LogP contribution in [0, 0.1) is 30.3 Å². The summed E-state index contributed by atoms with van der Waals surface area (Å²) in [4.78, 5) is 41.0. The molecule has 1 aromatic carbocycles. The SMILES string of the molecule is CCC(C)c1c(OC(=O)OC(F)(F)F)c([N+](=O)[O-])cc([N+](=O)[O-])c1[N+](=O)[O-]. The minimum absolute atomic E-state index is 0.0177. The second-order valence-corrected chi connectivity index (χ2v) is 4.99. The Bertz CT molecular complexity index is 810. The maximum Gasteiger partial charge on any atom is 0.577 e. The first kappa shape index (κ1) is 21.5. The molecule has 0 aliphatic heterocycles. The second kappa shape index (κ2) is 7.79. The number of benzene rings is 1. The summed E-state index contributed by atoms with van der Waals surface area (Å²) in [5.41, 5.74) is -4.60. The standard InChI is InChI=1S/C12H10F3N3O9/c1-3-5(2)8-9(18(24)25)6(16(20)21)4-7(17(22)23)10(8)26-11(19)27-12(13,14)15/h4-5H,3H2,1-2H3. The Kier molecular flexibility index (Phi) is 6.21. The van der Waals surface area contributed by atoms with Gasteiger partial charge < -0.3 is 9.47 Å². The highest BCUT2D eigenvalue weighted by atomic mass is 19.4. The summed E-state index contributed by atoms with van der Waals surface area (Å²) in [5.74, 6) is -2.27. The van der Waals surface area contributed by atoms with E-state index in [4.69, 9.17) is 0 Å². The van der Waals surface area contributed by atoms with E-state index in [2.05, 4.69) is 9.47 Å². The highest BCUT2D eigenvalue weighted by molar-refractivity contribution is 5.76. The van der Waals surface area contributed by atoms with Gasteiger partial charge in [0.05, 0.1) is 20.3 Å². The number of halogens is 3. The fraction of sp³-hybridized carbons (Fsp3) is 0.417. The number of alkyl halides is 3. The van der Waals surface area contributed by atoms with Gasteiger partial charge in [0.15, 0.2) is 0 Å². The summed E-state index contributed by atoms with van der Waals surface area (Å²) in [5, 5.41) is 33.5. The van der Waals surface area contributed by atoms with Crippen LogP contribution < -0.4 is 4.74 Å². The van der Waals surface area contributed by atoms with Crippen LogP contribution in [0.4, 0.5) is 35.0 Å². The first-order chi connectivity index (χ1) is 12.3. The molecule has 0 heterocycles. The average molecular weight is 397 g/mol. The molecule has 1 unspecified atom stereocenters. The van der Waals surface area contributed by atoms with Crippen LogP contribution in [0.5, 0.6) is 5.75 Å². The molecule has 0 bridgehead atoms. The molecule has 0 aromatic heterocycles. The van der Waals surface area contributed by atoms with Crippen LogP contribution >= 0.6 is 0 Å². The van der Waals surface area contributed by atoms with Gasteiger partial charge in [0.2, 0.25) is 5.75 Å². The van der Waals surface area contributed by atoms with E-state index in [1.54, 1.807) is 0 Å². The Balaban J connectivity index is 3.83. The molecule has 0 spiro atoms. The molecular formula is C12H10F3N3O9. The molecule has 15 heteroatoms. The molecule has 0 saturated carbocycles. The zero-order valence-corrected chi connectivity index (χ0v) is 13.5. The molecule has 1 atom stereocenters. The highest BCUT2D eigenvalue weighted by Crippen LogP contribution is 2.48. The fourth-order valence-electron chi connectivity index (χ4n) is 2.08. The topological polar surface area (TPSA) is 165 Å². The molecule has 0 aliphatic carbocycles. The van der Waals surface area contributed by atoms with Crippen LogP contribution in [0.25, 0.3) is 0 Å². The van der Waals surface area contributed by atoms with Crippen LogP contribution in [0.1, 0.15) is 31.7 Å². The Morgan fingerprint density at radius 1 is 1.11 bits per heavy atom. The Labute approximate surface area is 146 Å². The molecule has 0 amide bonds. The Morgan fingerprint density at radius 3 is 2.00 bits per heavy atom. The highest BCUT2D eigenvalue weighted by Gasteiger charge is 2.42. The lowest BCUT2D eigenvalue weighted by Gasteiger charge is -2.15. The third-order valence-corrected chi connectivity index (χ3v) is 3.31. The molecule has 0 fully saturated rings. The van der Waals surface area contributed by atoms with Gasteiger partial charge in [0.25, 0.3) is 0 Å². The third-order valence-electron chi connectivity index (χ3n) is 3.31. The first-order valence-corrected chi connectivity index (χ1v) is 6.91. The van der Waals surface area contributed by atoms with E-state index < -0.39 is 61.6 Å². The molecule has 0 aliphatic rings. The van der Waals surface area contributed by atoms with E-state index in [-0.39, 0.29) is 12.5 Å². The van der Waals surface area contributed by atoms with E-state index in [0.717, 1.165) is 0 Å². The summed E-state index contributed by atoms with van der Waals surface area (Å²) in [7, 11) is 0. The van der Waals surface area contributed by atoms with Crippen molar-refractivity contribution in [2.45, 2.75) is 32.5 Å². The predicted molar refractivity (Wildman–Crippen MR) is 78.3 cm³/mol. The van der Waals surface area contributed by atoms with Gasteiger partial charge in [-0.2, -0.15) is 0 Å². The lowest BCUT2D eigenvalue weighted by atomic mass is 9.94. The van der Waals surface area contributed by atoms with Crippen molar-refractivity contribution in [1.82, 2.24) is 0 Å². The molecule has 27 heavy (non-hydrogen) atoms. The van der Waals surface area contributed by atoms with E-state index in [9.17, 15) is 48.3 Å². The monoisotopic (exact) mass is 397 g/mol. The third kappa shape index (κ3) is 4.99. The molecular weight excluding hydrogens is 387 g/mol. The largest absolute Gasteiger partial charge is 0.577 e.